The predicted molar refractivity (Wildman–Crippen MR) is 126 cm³/mol. The molecule has 0 unspecified atom stereocenters. The molecule has 0 aliphatic carbocycles. The molecule has 1 saturated heterocycles. The maximum Gasteiger partial charge on any atom is 0.337 e. The summed E-state index contributed by atoms with van der Waals surface area (Å²) in [6.07, 6.45) is 1.77. The van der Waals surface area contributed by atoms with Gasteiger partial charge in [0.05, 0.1) is 36.3 Å². The van der Waals surface area contributed by atoms with E-state index < -0.39 is 5.97 Å². The van der Waals surface area contributed by atoms with Gasteiger partial charge >= 0.3 is 5.97 Å². The maximum atomic E-state index is 12.5. The number of nitrogens with zero attached hydrogens (tertiary/aromatic N) is 5. The van der Waals surface area contributed by atoms with Crippen molar-refractivity contribution in [1.82, 2.24) is 19.7 Å². The van der Waals surface area contributed by atoms with E-state index in [4.69, 9.17) is 9.84 Å². The average Bonchev–Trinajstić information content (AvgIpc) is 3.14. The third kappa shape index (κ3) is 5.04. The Morgan fingerprint density at radius 2 is 1.76 bits per heavy atom. The van der Waals surface area contributed by atoms with Crippen molar-refractivity contribution in [2.45, 2.75) is 13.8 Å². The fourth-order valence-electron chi connectivity index (χ4n) is 4.13. The van der Waals surface area contributed by atoms with Crippen molar-refractivity contribution < 1.29 is 14.3 Å². The van der Waals surface area contributed by atoms with E-state index >= 15 is 0 Å². The van der Waals surface area contributed by atoms with Crippen molar-refractivity contribution in [3.8, 4) is 5.82 Å². The van der Waals surface area contributed by atoms with Crippen LogP contribution in [0.4, 0.5) is 11.4 Å². The van der Waals surface area contributed by atoms with Crippen LogP contribution in [-0.4, -0.2) is 71.4 Å². The lowest BCUT2D eigenvalue weighted by atomic mass is 10.2. The third-order valence-corrected chi connectivity index (χ3v) is 5.76. The number of anilines is 2. The highest BCUT2D eigenvalue weighted by Gasteiger charge is 2.24. The summed E-state index contributed by atoms with van der Waals surface area (Å²) in [7, 11) is 1.34. The van der Waals surface area contributed by atoms with E-state index in [1.54, 1.807) is 30.5 Å². The number of piperazine rings is 1. The van der Waals surface area contributed by atoms with Gasteiger partial charge in [0.2, 0.25) is 5.91 Å². The minimum absolute atomic E-state index is 0.0791. The predicted octanol–water partition coefficient (Wildman–Crippen LogP) is 2.43. The molecular formula is C24H28N6O3. The van der Waals surface area contributed by atoms with Crippen LogP contribution in [0.2, 0.25) is 0 Å². The fraction of sp³-hybridized carbons (Fsp3) is 0.333. The van der Waals surface area contributed by atoms with Gasteiger partial charge in [0, 0.05) is 38.1 Å². The van der Waals surface area contributed by atoms with Crippen LogP contribution in [0.3, 0.4) is 0 Å². The number of pyridine rings is 1. The molecule has 1 aliphatic rings. The van der Waals surface area contributed by atoms with Crippen LogP contribution in [0.5, 0.6) is 0 Å². The molecule has 3 aromatic rings. The number of nitrogens with one attached hydrogen (secondary N) is 1. The second-order valence-electron chi connectivity index (χ2n) is 8.00. The second-order valence-corrected chi connectivity index (χ2v) is 8.00. The molecule has 3 heterocycles. The zero-order valence-corrected chi connectivity index (χ0v) is 19.1. The molecule has 0 bridgehead atoms. The molecule has 1 aliphatic heterocycles. The van der Waals surface area contributed by atoms with Gasteiger partial charge in [-0.15, -0.1) is 0 Å². The largest absolute Gasteiger partial charge is 0.465 e. The molecule has 1 amide bonds. The van der Waals surface area contributed by atoms with Crippen LogP contribution >= 0.6 is 0 Å². The number of aryl methyl sites for hydroxylation is 1. The number of ether oxygens (including phenoxy) is 1. The van der Waals surface area contributed by atoms with Crippen molar-refractivity contribution >= 4 is 23.3 Å². The van der Waals surface area contributed by atoms with Crippen LogP contribution in [0.1, 0.15) is 21.7 Å². The minimum Gasteiger partial charge on any atom is -0.465 e. The monoisotopic (exact) mass is 448 g/mol. The SMILES string of the molecule is COC(=O)c1ccc(NC(=O)CN2CCN(c3c(C)nn(-c4ccccn4)c3C)CC2)cc1. The summed E-state index contributed by atoms with van der Waals surface area (Å²) < 4.78 is 6.58. The average molecular weight is 449 g/mol. The van der Waals surface area contributed by atoms with Crippen LogP contribution in [0.15, 0.2) is 48.7 Å². The maximum absolute atomic E-state index is 12.5. The van der Waals surface area contributed by atoms with Crippen LogP contribution in [-0.2, 0) is 9.53 Å². The number of methoxy groups -OCH3 is 1. The van der Waals surface area contributed by atoms with Crippen LogP contribution in [0.25, 0.3) is 5.82 Å². The van der Waals surface area contributed by atoms with Crippen molar-refractivity contribution in [2.75, 3.05) is 50.1 Å². The lowest BCUT2D eigenvalue weighted by molar-refractivity contribution is -0.117. The van der Waals surface area contributed by atoms with Gasteiger partial charge in [-0.1, -0.05) is 6.07 Å². The molecule has 2 aromatic heterocycles. The number of esters is 1. The normalized spacial score (nSPS) is 14.2. The molecule has 1 fully saturated rings. The first-order valence-electron chi connectivity index (χ1n) is 10.9. The highest BCUT2D eigenvalue weighted by Crippen LogP contribution is 2.27. The van der Waals surface area contributed by atoms with Gasteiger partial charge in [-0.05, 0) is 50.2 Å². The van der Waals surface area contributed by atoms with Gasteiger partial charge in [0.25, 0.3) is 0 Å². The fourth-order valence-corrected chi connectivity index (χ4v) is 4.13. The topological polar surface area (TPSA) is 92.6 Å². The lowest BCUT2D eigenvalue weighted by Crippen LogP contribution is -2.49. The summed E-state index contributed by atoms with van der Waals surface area (Å²) in [5, 5.41) is 7.59. The Balaban J connectivity index is 1.33. The lowest BCUT2D eigenvalue weighted by Gasteiger charge is -2.35. The number of carbonyl (C=O) groups excluding carboxylic acids is 2. The molecule has 0 radical (unpaired) electrons. The Labute approximate surface area is 193 Å². The molecule has 4 rings (SSSR count). The van der Waals surface area contributed by atoms with Gasteiger partial charge in [-0.25, -0.2) is 14.5 Å². The number of benzene rings is 1. The summed E-state index contributed by atoms with van der Waals surface area (Å²) in [5.74, 6) is 0.325. The highest BCUT2D eigenvalue weighted by atomic mass is 16.5. The Bertz CT molecular complexity index is 1120. The summed E-state index contributed by atoms with van der Waals surface area (Å²) in [6, 6.07) is 12.5. The van der Waals surface area contributed by atoms with Gasteiger partial charge < -0.3 is 15.0 Å². The Kier molecular flexibility index (Phi) is 6.69. The van der Waals surface area contributed by atoms with Crippen molar-refractivity contribution in [2.24, 2.45) is 0 Å². The van der Waals surface area contributed by atoms with E-state index in [9.17, 15) is 9.59 Å². The molecule has 1 aromatic carbocycles. The summed E-state index contributed by atoms with van der Waals surface area (Å²) in [6.45, 7) is 7.60. The van der Waals surface area contributed by atoms with E-state index in [1.165, 1.54) is 7.11 Å². The van der Waals surface area contributed by atoms with Crippen LogP contribution in [0, 0.1) is 13.8 Å². The third-order valence-electron chi connectivity index (χ3n) is 5.76. The van der Waals surface area contributed by atoms with Gasteiger partial charge in [-0.3, -0.25) is 9.69 Å². The number of carbonyl (C=O) groups is 2. The summed E-state index contributed by atoms with van der Waals surface area (Å²) in [4.78, 5) is 32.9. The standard InChI is InChI=1S/C24H28N6O3/c1-17-23(18(2)30(27-17)21-6-4-5-11-25-21)29-14-12-28(13-15-29)16-22(31)26-20-9-7-19(8-10-20)24(32)33-3/h4-11H,12-16H2,1-3H3,(H,26,31). The number of amides is 1. The molecule has 0 atom stereocenters. The summed E-state index contributed by atoms with van der Waals surface area (Å²) in [5.41, 5.74) is 4.27. The van der Waals surface area contributed by atoms with Crippen LogP contribution < -0.4 is 10.2 Å². The Morgan fingerprint density at radius 1 is 1.03 bits per heavy atom. The number of hydrogen-bond donors (Lipinski definition) is 1. The summed E-state index contributed by atoms with van der Waals surface area (Å²) >= 11 is 0. The number of hydrogen-bond acceptors (Lipinski definition) is 7. The van der Waals surface area contributed by atoms with E-state index in [0.29, 0.717) is 17.8 Å². The molecule has 9 nitrogen and oxygen atoms in total. The zero-order valence-electron chi connectivity index (χ0n) is 19.1. The smallest absolute Gasteiger partial charge is 0.337 e. The molecule has 0 saturated carbocycles. The van der Waals surface area contributed by atoms with Gasteiger partial charge in [0.15, 0.2) is 5.82 Å². The van der Waals surface area contributed by atoms with E-state index in [-0.39, 0.29) is 5.91 Å². The molecule has 33 heavy (non-hydrogen) atoms. The highest BCUT2D eigenvalue weighted by molar-refractivity contribution is 5.94. The Hall–Kier alpha value is -3.72. The zero-order chi connectivity index (χ0) is 23.4. The Morgan fingerprint density at radius 3 is 2.39 bits per heavy atom. The minimum atomic E-state index is -0.401. The van der Waals surface area contributed by atoms with Crippen molar-refractivity contribution in [1.29, 1.82) is 0 Å². The molecule has 1 N–H and O–H groups in total. The first-order chi connectivity index (χ1) is 16.0. The molecule has 0 spiro atoms. The first kappa shape index (κ1) is 22.5. The second kappa shape index (κ2) is 9.83. The van der Waals surface area contributed by atoms with E-state index in [2.05, 4.69) is 27.0 Å². The van der Waals surface area contributed by atoms with Gasteiger partial charge in [-0.2, -0.15) is 5.10 Å². The quantitative estimate of drug-likeness (QED) is 0.579. The molecular weight excluding hydrogens is 420 g/mol. The molecule has 9 heteroatoms. The van der Waals surface area contributed by atoms with E-state index in [0.717, 1.165) is 49.1 Å². The first-order valence-corrected chi connectivity index (χ1v) is 10.9. The molecule has 172 valence electrons. The van der Waals surface area contributed by atoms with Gasteiger partial charge in [0.1, 0.15) is 0 Å². The van der Waals surface area contributed by atoms with Crippen molar-refractivity contribution in [3.63, 3.8) is 0 Å². The number of aromatic nitrogens is 3. The van der Waals surface area contributed by atoms with E-state index in [1.807, 2.05) is 29.8 Å². The number of rotatable bonds is 6. The van der Waals surface area contributed by atoms with Crippen molar-refractivity contribution in [3.05, 3.63) is 65.6 Å².